The van der Waals surface area contributed by atoms with Gasteiger partial charge < -0.3 is 5.32 Å². The van der Waals surface area contributed by atoms with E-state index >= 15 is 0 Å². The third-order valence-corrected chi connectivity index (χ3v) is 2.72. The third kappa shape index (κ3) is 2.31. The van der Waals surface area contributed by atoms with Gasteiger partial charge in [-0.1, -0.05) is 24.3 Å². The first-order valence-electron chi connectivity index (χ1n) is 4.94. The lowest BCUT2D eigenvalue weighted by Gasteiger charge is -2.19. The van der Waals surface area contributed by atoms with Crippen molar-refractivity contribution in [2.45, 2.75) is 25.1 Å². The van der Waals surface area contributed by atoms with E-state index < -0.39 is 12.2 Å². The minimum atomic E-state index is -4.16. The second kappa shape index (κ2) is 3.85. The number of hydrogen-bond acceptors (Lipinski definition) is 1. The Morgan fingerprint density at radius 1 is 1.13 bits per heavy atom. The molecule has 82 valence electrons. The van der Waals surface area contributed by atoms with Gasteiger partial charge in [-0.15, -0.1) is 0 Å². The van der Waals surface area contributed by atoms with E-state index in [1.54, 1.807) is 12.1 Å². The number of alkyl halides is 3. The SMILES string of the molecule is FC(F)(F)C1Cc2ccccc2CCN1. The normalized spacial score (nSPS) is 21.9. The van der Waals surface area contributed by atoms with Crippen LogP contribution in [0.2, 0.25) is 0 Å². The predicted octanol–water partition coefficient (Wildman–Crippen LogP) is 2.31. The van der Waals surface area contributed by atoms with Gasteiger partial charge >= 0.3 is 6.18 Å². The van der Waals surface area contributed by atoms with Crippen LogP contribution < -0.4 is 5.32 Å². The molecule has 1 aromatic rings. The fourth-order valence-corrected chi connectivity index (χ4v) is 1.91. The highest BCUT2D eigenvalue weighted by Crippen LogP contribution is 2.26. The molecule has 1 aliphatic heterocycles. The van der Waals surface area contributed by atoms with E-state index in [-0.39, 0.29) is 6.42 Å². The first kappa shape index (κ1) is 10.5. The van der Waals surface area contributed by atoms with E-state index in [9.17, 15) is 13.2 Å². The van der Waals surface area contributed by atoms with Crippen LogP contribution in [0.25, 0.3) is 0 Å². The molecule has 0 spiro atoms. The lowest BCUT2D eigenvalue weighted by Crippen LogP contribution is -2.43. The van der Waals surface area contributed by atoms with Gasteiger partial charge in [0.25, 0.3) is 0 Å². The van der Waals surface area contributed by atoms with Gasteiger partial charge in [0.15, 0.2) is 0 Å². The molecule has 0 fully saturated rings. The van der Waals surface area contributed by atoms with Crippen molar-refractivity contribution in [3.8, 4) is 0 Å². The minimum absolute atomic E-state index is 0.0413. The van der Waals surface area contributed by atoms with Crippen molar-refractivity contribution in [2.24, 2.45) is 0 Å². The molecular formula is C11H12F3N. The quantitative estimate of drug-likeness (QED) is 0.700. The van der Waals surface area contributed by atoms with Crippen molar-refractivity contribution < 1.29 is 13.2 Å². The Labute approximate surface area is 86.3 Å². The fraction of sp³-hybridized carbons (Fsp3) is 0.455. The lowest BCUT2D eigenvalue weighted by atomic mass is 10.0. The molecule has 1 unspecified atom stereocenters. The average molecular weight is 215 g/mol. The van der Waals surface area contributed by atoms with Gasteiger partial charge in [-0.25, -0.2) is 0 Å². The molecule has 4 heteroatoms. The number of hydrogen-bond donors (Lipinski definition) is 1. The summed E-state index contributed by atoms with van der Waals surface area (Å²) >= 11 is 0. The molecule has 1 aromatic carbocycles. The highest BCUT2D eigenvalue weighted by atomic mass is 19.4. The average Bonchev–Trinajstić information content (AvgIpc) is 2.38. The predicted molar refractivity (Wildman–Crippen MR) is 51.7 cm³/mol. The van der Waals surface area contributed by atoms with Crippen molar-refractivity contribution in [3.05, 3.63) is 35.4 Å². The van der Waals surface area contributed by atoms with Crippen molar-refractivity contribution >= 4 is 0 Å². The van der Waals surface area contributed by atoms with Crippen molar-refractivity contribution in [3.63, 3.8) is 0 Å². The smallest absolute Gasteiger partial charge is 0.306 e. The Kier molecular flexibility index (Phi) is 2.69. The van der Waals surface area contributed by atoms with E-state index in [2.05, 4.69) is 5.32 Å². The van der Waals surface area contributed by atoms with Gasteiger partial charge in [-0.2, -0.15) is 13.2 Å². The van der Waals surface area contributed by atoms with Gasteiger partial charge in [0.2, 0.25) is 0 Å². The van der Waals surface area contributed by atoms with Gasteiger partial charge in [-0.05, 0) is 30.5 Å². The number of rotatable bonds is 0. The van der Waals surface area contributed by atoms with E-state index in [1.807, 2.05) is 12.1 Å². The van der Waals surface area contributed by atoms with Gasteiger partial charge in [0.05, 0.1) is 0 Å². The van der Waals surface area contributed by atoms with Crippen LogP contribution in [0.4, 0.5) is 13.2 Å². The molecule has 0 amide bonds. The van der Waals surface area contributed by atoms with Crippen LogP contribution >= 0.6 is 0 Å². The van der Waals surface area contributed by atoms with Crippen LogP contribution in [0.5, 0.6) is 0 Å². The first-order valence-corrected chi connectivity index (χ1v) is 4.94. The molecule has 1 N–H and O–H groups in total. The van der Waals surface area contributed by atoms with Gasteiger partial charge in [0, 0.05) is 0 Å². The summed E-state index contributed by atoms with van der Waals surface area (Å²) in [6, 6.07) is 5.93. The second-order valence-corrected chi connectivity index (χ2v) is 3.77. The van der Waals surface area contributed by atoms with Crippen LogP contribution in [0.3, 0.4) is 0 Å². The molecule has 0 aliphatic carbocycles. The maximum Gasteiger partial charge on any atom is 0.404 e. The Morgan fingerprint density at radius 3 is 2.47 bits per heavy atom. The largest absolute Gasteiger partial charge is 0.404 e. The molecule has 1 nitrogen and oxygen atoms in total. The standard InChI is InChI=1S/C11H12F3N/c12-11(13,14)10-7-9-4-2-1-3-8(9)5-6-15-10/h1-4,10,15H,5-7H2. The molecule has 0 bridgehead atoms. The molecule has 15 heavy (non-hydrogen) atoms. The van der Waals surface area contributed by atoms with Crippen LogP contribution in [0.15, 0.2) is 24.3 Å². The summed E-state index contributed by atoms with van der Waals surface area (Å²) in [4.78, 5) is 0. The molecule has 0 radical (unpaired) electrons. The van der Waals surface area contributed by atoms with Crippen LogP contribution in [0.1, 0.15) is 11.1 Å². The summed E-state index contributed by atoms with van der Waals surface area (Å²) in [5.74, 6) is 0. The Morgan fingerprint density at radius 2 is 1.80 bits per heavy atom. The van der Waals surface area contributed by atoms with Crippen molar-refractivity contribution in [1.82, 2.24) is 5.32 Å². The van der Waals surface area contributed by atoms with E-state index in [0.717, 1.165) is 11.1 Å². The highest BCUT2D eigenvalue weighted by molar-refractivity contribution is 5.29. The van der Waals surface area contributed by atoms with Crippen LogP contribution in [-0.2, 0) is 12.8 Å². The highest BCUT2D eigenvalue weighted by Gasteiger charge is 2.40. The van der Waals surface area contributed by atoms with E-state index in [1.165, 1.54) is 0 Å². The lowest BCUT2D eigenvalue weighted by molar-refractivity contribution is -0.155. The maximum atomic E-state index is 12.6. The second-order valence-electron chi connectivity index (χ2n) is 3.77. The molecule has 1 heterocycles. The Balaban J connectivity index is 2.25. The summed E-state index contributed by atoms with van der Waals surface area (Å²) in [6.45, 7) is 0.390. The Bertz CT molecular complexity index is 346. The number of benzene rings is 1. The molecule has 0 saturated heterocycles. The minimum Gasteiger partial charge on any atom is -0.306 e. The summed E-state index contributed by atoms with van der Waals surface area (Å²) in [7, 11) is 0. The molecule has 1 atom stereocenters. The summed E-state index contributed by atoms with van der Waals surface area (Å²) in [5.41, 5.74) is 1.83. The third-order valence-electron chi connectivity index (χ3n) is 2.72. The summed E-state index contributed by atoms with van der Waals surface area (Å²) < 4.78 is 37.7. The van der Waals surface area contributed by atoms with Crippen LogP contribution in [-0.4, -0.2) is 18.8 Å². The van der Waals surface area contributed by atoms with Gasteiger partial charge in [-0.3, -0.25) is 0 Å². The van der Waals surface area contributed by atoms with E-state index in [4.69, 9.17) is 0 Å². The zero-order chi connectivity index (χ0) is 10.9. The monoisotopic (exact) mass is 215 g/mol. The molecule has 1 aliphatic rings. The molecular weight excluding hydrogens is 203 g/mol. The zero-order valence-corrected chi connectivity index (χ0v) is 8.14. The molecule has 2 rings (SSSR count). The summed E-state index contributed by atoms with van der Waals surface area (Å²) in [5, 5.41) is 2.54. The number of nitrogens with one attached hydrogen (secondary N) is 1. The maximum absolute atomic E-state index is 12.6. The topological polar surface area (TPSA) is 12.0 Å². The molecule has 0 saturated carbocycles. The number of fused-ring (bicyclic) bond motifs is 1. The number of halogens is 3. The Hall–Kier alpha value is -1.03. The fourth-order valence-electron chi connectivity index (χ4n) is 1.91. The van der Waals surface area contributed by atoms with E-state index in [0.29, 0.717) is 13.0 Å². The zero-order valence-electron chi connectivity index (χ0n) is 8.14. The summed E-state index contributed by atoms with van der Waals surface area (Å²) in [6.07, 6.45) is -3.44. The first-order chi connectivity index (χ1) is 7.07. The van der Waals surface area contributed by atoms with Crippen molar-refractivity contribution in [2.75, 3.05) is 6.54 Å². The van der Waals surface area contributed by atoms with Gasteiger partial charge in [0.1, 0.15) is 6.04 Å². The van der Waals surface area contributed by atoms with Crippen LogP contribution in [0, 0.1) is 0 Å². The van der Waals surface area contributed by atoms with Crippen molar-refractivity contribution in [1.29, 1.82) is 0 Å². The molecule has 0 aromatic heterocycles.